The summed E-state index contributed by atoms with van der Waals surface area (Å²) in [5, 5.41) is 20.5. The number of nitriles is 2. The Labute approximate surface area is 158 Å². The van der Waals surface area contributed by atoms with Gasteiger partial charge in [-0.25, -0.2) is 0 Å². The van der Waals surface area contributed by atoms with Crippen molar-refractivity contribution in [1.29, 1.82) is 10.5 Å². The van der Waals surface area contributed by atoms with Crippen LogP contribution in [0, 0.1) is 22.7 Å². The van der Waals surface area contributed by atoms with E-state index in [9.17, 15) is 4.79 Å². The van der Waals surface area contributed by atoms with Gasteiger partial charge in [0.1, 0.15) is 17.7 Å². The molecule has 0 aromatic heterocycles. The van der Waals surface area contributed by atoms with E-state index in [4.69, 9.17) is 20.0 Å². The Morgan fingerprint density at radius 1 is 1.07 bits per heavy atom. The van der Waals surface area contributed by atoms with Gasteiger partial charge in [-0.2, -0.15) is 10.5 Å². The average molecular weight is 361 g/mol. The Kier molecular flexibility index (Phi) is 7.44. The molecular formula is C21H19N3O3. The number of carbonyl (C=O) groups is 1. The third-order valence-corrected chi connectivity index (χ3v) is 3.51. The van der Waals surface area contributed by atoms with Gasteiger partial charge < -0.3 is 14.8 Å². The Hall–Kier alpha value is -3.77. The average Bonchev–Trinajstić information content (AvgIpc) is 2.70. The molecule has 2 aromatic rings. The molecule has 0 spiro atoms. The number of nitrogens with zero attached hydrogens (tertiary/aromatic N) is 2. The lowest BCUT2D eigenvalue weighted by molar-refractivity contribution is -0.123. The third kappa shape index (κ3) is 6.22. The molecule has 1 N–H and O–H groups in total. The summed E-state index contributed by atoms with van der Waals surface area (Å²) in [7, 11) is 0. The second kappa shape index (κ2) is 10.3. The van der Waals surface area contributed by atoms with Crippen LogP contribution in [0.15, 0.2) is 54.1 Å². The smallest absolute Gasteiger partial charge is 0.258 e. The van der Waals surface area contributed by atoms with Crippen molar-refractivity contribution in [1.82, 2.24) is 5.32 Å². The summed E-state index contributed by atoms with van der Waals surface area (Å²) in [4.78, 5) is 12.0. The van der Waals surface area contributed by atoms with Gasteiger partial charge >= 0.3 is 0 Å². The van der Waals surface area contributed by atoms with Crippen molar-refractivity contribution < 1.29 is 14.3 Å². The van der Waals surface area contributed by atoms with Crippen molar-refractivity contribution in [2.75, 3.05) is 13.2 Å². The summed E-state index contributed by atoms with van der Waals surface area (Å²) in [6.07, 6.45) is 1.46. The Balaban J connectivity index is 2.00. The molecule has 6 heteroatoms. The van der Waals surface area contributed by atoms with E-state index in [-0.39, 0.29) is 18.1 Å². The molecule has 27 heavy (non-hydrogen) atoms. The first-order valence-electron chi connectivity index (χ1n) is 8.38. The first kappa shape index (κ1) is 19.6. The number of benzene rings is 2. The van der Waals surface area contributed by atoms with E-state index in [2.05, 4.69) is 5.32 Å². The van der Waals surface area contributed by atoms with Crippen LogP contribution in [-0.2, 0) is 11.3 Å². The largest absolute Gasteiger partial charge is 0.490 e. The molecule has 0 fully saturated rings. The molecule has 0 atom stereocenters. The third-order valence-electron chi connectivity index (χ3n) is 3.51. The minimum absolute atomic E-state index is 0.00796. The quantitative estimate of drug-likeness (QED) is 0.729. The van der Waals surface area contributed by atoms with Crippen molar-refractivity contribution >= 4 is 12.0 Å². The fourth-order valence-electron chi connectivity index (χ4n) is 2.25. The Morgan fingerprint density at radius 3 is 2.48 bits per heavy atom. The van der Waals surface area contributed by atoms with Gasteiger partial charge in [-0.15, -0.1) is 0 Å². The minimum Gasteiger partial charge on any atom is -0.490 e. The molecule has 0 radical (unpaired) electrons. The topological polar surface area (TPSA) is 95.1 Å². The zero-order chi connectivity index (χ0) is 19.5. The molecular weight excluding hydrogens is 342 g/mol. The summed E-state index contributed by atoms with van der Waals surface area (Å²) in [5.41, 5.74) is 1.63. The summed E-state index contributed by atoms with van der Waals surface area (Å²) in [6.45, 7) is 2.52. The van der Waals surface area contributed by atoms with Crippen LogP contribution in [0.25, 0.3) is 6.08 Å². The molecule has 1 amide bonds. The highest BCUT2D eigenvalue weighted by molar-refractivity contribution is 5.77. The summed E-state index contributed by atoms with van der Waals surface area (Å²) in [6, 6.07) is 18.2. The van der Waals surface area contributed by atoms with Gasteiger partial charge in [-0.1, -0.05) is 36.4 Å². The van der Waals surface area contributed by atoms with E-state index in [1.807, 2.05) is 49.4 Å². The van der Waals surface area contributed by atoms with Crippen LogP contribution < -0.4 is 14.8 Å². The highest BCUT2D eigenvalue weighted by Gasteiger charge is 2.09. The number of carbonyl (C=O) groups excluding carboxylic acids is 1. The van der Waals surface area contributed by atoms with Gasteiger partial charge in [-0.3, -0.25) is 4.79 Å². The number of hydrogen-bond donors (Lipinski definition) is 1. The SMILES string of the molecule is CCOc1cc(C=C(C#N)C#N)ccc1OCC(=O)NCc1ccccc1. The highest BCUT2D eigenvalue weighted by Crippen LogP contribution is 2.29. The van der Waals surface area contributed by atoms with Gasteiger partial charge in [0.15, 0.2) is 18.1 Å². The van der Waals surface area contributed by atoms with E-state index < -0.39 is 0 Å². The minimum atomic E-state index is -0.249. The van der Waals surface area contributed by atoms with E-state index in [0.717, 1.165) is 5.56 Å². The van der Waals surface area contributed by atoms with Crippen LogP contribution in [-0.4, -0.2) is 19.1 Å². The van der Waals surface area contributed by atoms with Crippen molar-refractivity contribution in [2.24, 2.45) is 0 Å². The van der Waals surface area contributed by atoms with Crippen LogP contribution in [0.1, 0.15) is 18.1 Å². The van der Waals surface area contributed by atoms with E-state index in [1.165, 1.54) is 6.08 Å². The first-order chi connectivity index (χ1) is 13.2. The van der Waals surface area contributed by atoms with Gasteiger partial charge in [0, 0.05) is 6.54 Å². The van der Waals surface area contributed by atoms with Gasteiger partial charge in [-0.05, 0) is 36.3 Å². The zero-order valence-corrected chi connectivity index (χ0v) is 14.9. The lowest BCUT2D eigenvalue weighted by atomic mass is 10.1. The van der Waals surface area contributed by atoms with Crippen molar-refractivity contribution in [3.05, 3.63) is 65.2 Å². The number of allylic oxidation sites excluding steroid dienone is 1. The van der Waals surface area contributed by atoms with Gasteiger partial charge in [0.05, 0.1) is 6.61 Å². The number of rotatable bonds is 8. The van der Waals surface area contributed by atoms with Crippen molar-refractivity contribution in [3.8, 4) is 23.6 Å². The van der Waals surface area contributed by atoms with Crippen LogP contribution in [0.5, 0.6) is 11.5 Å². The van der Waals surface area contributed by atoms with Crippen LogP contribution in [0.2, 0.25) is 0 Å². The summed E-state index contributed by atoms with van der Waals surface area (Å²) >= 11 is 0. The normalized spacial score (nSPS) is 9.44. The fraction of sp³-hybridized carbons (Fsp3) is 0.190. The molecule has 0 saturated heterocycles. The van der Waals surface area contributed by atoms with Crippen molar-refractivity contribution in [2.45, 2.75) is 13.5 Å². The lowest BCUT2D eigenvalue weighted by Gasteiger charge is -2.13. The van der Waals surface area contributed by atoms with Crippen molar-refractivity contribution in [3.63, 3.8) is 0 Å². The Morgan fingerprint density at radius 2 is 1.81 bits per heavy atom. The zero-order valence-electron chi connectivity index (χ0n) is 14.9. The van der Waals surface area contributed by atoms with Crippen LogP contribution in [0.4, 0.5) is 0 Å². The fourth-order valence-corrected chi connectivity index (χ4v) is 2.25. The molecule has 0 heterocycles. The van der Waals surface area contributed by atoms with Crippen LogP contribution in [0.3, 0.4) is 0 Å². The van der Waals surface area contributed by atoms with E-state index >= 15 is 0 Å². The maximum atomic E-state index is 12.0. The molecule has 0 saturated carbocycles. The molecule has 2 aromatic carbocycles. The molecule has 0 aliphatic heterocycles. The maximum absolute atomic E-state index is 12.0. The molecule has 0 aliphatic carbocycles. The number of hydrogen-bond acceptors (Lipinski definition) is 5. The predicted octanol–water partition coefficient (Wildman–Crippen LogP) is 3.21. The molecule has 0 unspecified atom stereocenters. The van der Waals surface area contributed by atoms with E-state index in [0.29, 0.717) is 30.2 Å². The van der Waals surface area contributed by atoms with Crippen LogP contribution >= 0.6 is 0 Å². The highest BCUT2D eigenvalue weighted by atomic mass is 16.5. The summed E-state index contributed by atoms with van der Waals surface area (Å²) in [5.74, 6) is 0.609. The van der Waals surface area contributed by atoms with E-state index in [1.54, 1.807) is 18.2 Å². The number of amides is 1. The molecule has 2 rings (SSSR count). The Bertz CT molecular complexity index is 877. The first-order valence-corrected chi connectivity index (χ1v) is 8.38. The molecule has 136 valence electrons. The molecule has 6 nitrogen and oxygen atoms in total. The second-order valence-electron chi connectivity index (χ2n) is 5.47. The van der Waals surface area contributed by atoms with Gasteiger partial charge in [0.2, 0.25) is 0 Å². The predicted molar refractivity (Wildman–Crippen MR) is 101 cm³/mol. The lowest BCUT2D eigenvalue weighted by Crippen LogP contribution is -2.28. The molecule has 0 aliphatic rings. The second-order valence-corrected chi connectivity index (χ2v) is 5.47. The summed E-state index contributed by atoms with van der Waals surface area (Å²) < 4.78 is 11.1. The monoisotopic (exact) mass is 361 g/mol. The standard InChI is InChI=1S/C21H19N3O3/c1-2-26-20-11-17(10-18(12-22)13-23)8-9-19(20)27-15-21(25)24-14-16-6-4-3-5-7-16/h3-11H,2,14-15H2,1H3,(H,24,25). The number of ether oxygens (including phenoxy) is 2. The number of nitrogens with one attached hydrogen (secondary N) is 1. The maximum Gasteiger partial charge on any atom is 0.258 e. The van der Waals surface area contributed by atoms with Gasteiger partial charge in [0.25, 0.3) is 5.91 Å². The molecule has 0 bridgehead atoms.